The zero-order valence-electron chi connectivity index (χ0n) is 25.2. The number of allylic oxidation sites excluding steroid dienone is 1. The first kappa shape index (κ1) is 31.9. The van der Waals surface area contributed by atoms with Crippen molar-refractivity contribution in [3.8, 4) is 11.5 Å². The second-order valence-electron chi connectivity index (χ2n) is 11.6. The second-order valence-corrected chi connectivity index (χ2v) is 13.9. The molecule has 0 saturated carbocycles. The summed E-state index contributed by atoms with van der Waals surface area (Å²) in [6.07, 6.45) is 3.59. The van der Waals surface area contributed by atoms with Crippen LogP contribution in [-0.4, -0.2) is 37.4 Å². The molecule has 1 unspecified atom stereocenters. The van der Waals surface area contributed by atoms with Gasteiger partial charge in [0.1, 0.15) is 22.7 Å². The number of hydrogen-bond acceptors (Lipinski definition) is 6. The van der Waals surface area contributed by atoms with Crippen LogP contribution in [0.25, 0.3) is 0 Å². The van der Waals surface area contributed by atoms with Gasteiger partial charge in [-0.2, -0.15) is 0 Å². The summed E-state index contributed by atoms with van der Waals surface area (Å²) >= 11 is 0. The van der Waals surface area contributed by atoms with Crippen molar-refractivity contribution in [2.45, 2.75) is 58.4 Å². The van der Waals surface area contributed by atoms with Crippen molar-refractivity contribution >= 4 is 30.5 Å². The maximum atomic E-state index is 13.3. The molecule has 1 atom stereocenters. The highest BCUT2D eigenvalue weighted by Gasteiger charge is 2.34. The molecule has 0 saturated heterocycles. The second kappa shape index (κ2) is 13.8. The fourth-order valence-corrected chi connectivity index (χ4v) is 6.78. The Hall–Kier alpha value is -3.63. The molecule has 3 aromatic rings. The van der Waals surface area contributed by atoms with Gasteiger partial charge in [-0.25, -0.2) is 0 Å². The average molecular weight is 577 g/mol. The molecule has 0 amide bonds. The van der Waals surface area contributed by atoms with E-state index in [0.717, 1.165) is 27.7 Å². The molecule has 0 bridgehead atoms. The van der Waals surface area contributed by atoms with Gasteiger partial charge in [0.25, 0.3) is 0 Å². The van der Waals surface area contributed by atoms with Crippen LogP contribution in [0.1, 0.15) is 52.8 Å². The van der Waals surface area contributed by atoms with Gasteiger partial charge in [-0.1, -0.05) is 66.7 Å². The van der Waals surface area contributed by atoms with E-state index >= 15 is 0 Å². The highest BCUT2D eigenvalue weighted by Crippen LogP contribution is 2.51. The first-order valence-corrected chi connectivity index (χ1v) is 15.0. The van der Waals surface area contributed by atoms with E-state index in [2.05, 4.69) is 36.4 Å². The van der Waals surface area contributed by atoms with E-state index in [0.29, 0.717) is 0 Å². The highest BCUT2D eigenvalue weighted by molar-refractivity contribution is 7.73. The van der Waals surface area contributed by atoms with Crippen molar-refractivity contribution in [2.75, 3.05) is 14.2 Å². The van der Waals surface area contributed by atoms with Crippen LogP contribution in [0.4, 0.5) is 0 Å². The van der Waals surface area contributed by atoms with E-state index in [9.17, 15) is 9.59 Å². The Bertz CT molecular complexity index is 1230. The number of carbonyl (C=O) groups is 2. The predicted octanol–water partition coefficient (Wildman–Crippen LogP) is 6.73. The summed E-state index contributed by atoms with van der Waals surface area (Å²) in [6.45, 7) is 10.7. The molecule has 0 heterocycles. The maximum absolute atomic E-state index is 13.3. The molecule has 218 valence electrons. The third-order valence-electron chi connectivity index (χ3n) is 5.93. The number of benzene rings is 3. The van der Waals surface area contributed by atoms with Crippen LogP contribution in [0.5, 0.6) is 11.5 Å². The summed E-state index contributed by atoms with van der Waals surface area (Å²) in [5.74, 6) is -0.982. The predicted molar refractivity (Wildman–Crippen MR) is 166 cm³/mol. The minimum Gasteiger partial charge on any atom is -0.497 e. The Labute approximate surface area is 245 Å². The summed E-state index contributed by atoms with van der Waals surface area (Å²) in [7, 11) is 2.24. The minimum atomic E-state index is -1.22. The van der Waals surface area contributed by atoms with Crippen LogP contribution in [0.3, 0.4) is 0 Å². The lowest BCUT2D eigenvalue weighted by Gasteiger charge is -2.28. The van der Waals surface area contributed by atoms with Gasteiger partial charge in [-0.05, 0) is 89.9 Å². The number of methoxy groups -OCH3 is 2. The van der Waals surface area contributed by atoms with Crippen LogP contribution in [-0.2, 0) is 19.1 Å². The Morgan fingerprint density at radius 2 is 1.05 bits per heavy atom. The maximum Gasteiger partial charge on any atom is 0.324 e. The van der Waals surface area contributed by atoms with Crippen molar-refractivity contribution < 1.29 is 28.5 Å². The van der Waals surface area contributed by atoms with E-state index in [1.54, 1.807) is 61.8 Å². The molecular weight excluding hydrogens is 535 g/mol. The van der Waals surface area contributed by atoms with Crippen molar-refractivity contribution in [3.05, 3.63) is 96.6 Å². The molecule has 0 fully saturated rings. The van der Waals surface area contributed by atoms with Crippen molar-refractivity contribution in [1.82, 2.24) is 0 Å². The molecule has 3 aromatic carbocycles. The Morgan fingerprint density at radius 1 is 0.634 bits per heavy atom. The van der Waals surface area contributed by atoms with Gasteiger partial charge >= 0.3 is 11.9 Å². The number of ether oxygens (including phenoxy) is 4. The van der Waals surface area contributed by atoms with Gasteiger partial charge in [-0.15, -0.1) is 0 Å². The van der Waals surface area contributed by atoms with Crippen LogP contribution in [0.15, 0.2) is 91.0 Å². The fourth-order valence-electron chi connectivity index (χ4n) is 4.15. The molecule has 0 aliphatic carbocycles. The SMILES string of the molecule is COc1ccc(P(c2ccc(OC)cc2)C(/C=C/C(C(=O)OC(C)(C)C)C(=O)OC(C)(C)C)c2ccccc2)cc1. The van der Waals surface area contributed by atoms with Crippen LogP contribution in [0, 0.1) is 5.92 Å². The number of esters is 2. The summed E-state index contributed by atoms with van der Waals surface area (Å²) in [6, 6.07) is 26.1. The van der Waals surface area contributed by atoms with E-state index in [-0.39, 0.29) is 5.66 Å². The smallest absolute Gasteiger partial charge is 0.324 e. The Kier molecular flexibility index (Phi) is 10.8. The summed E-state index contributed by atoms with van der Waals surface area (Å²) in [4.78, 5) is 26.6. The standard InChI is InChI=1S/C34H41O6P/c1-33(2,3)39-31(35)29(32(36)40-34(4,5)6)22-23-30(24-12-10-9-11-13-24)41(27-18-14-25(37-7)15-19-27)28-20-16-26(38-8)17-21-28/h9-23,29-30H,1-8H3/b23-22+. The van der Waals surface area contributed by atoms with E-state index in [1.807, 2.05) is 48.5 Å². The lowest BCUT2D eigenvalue weighted by molar-refractivity contribution is -0.171. The van der Waals surface area contributed by atoms with Crippen molar-refractivity contribution in [3.63, 3.8) is 0 Å². The number of rotatable bonds is 10. The van der Waals surface area contributed by atoms with Crippen molar-refractivity contribution in [1.29, 1.82) is 0 Å². The third kappa shape index (κ3) is 9.47. The summed E-state index contributed by atoms with van der Waals surface area (Å²) in [5.41, 5.74) is -0.653. The largest absolute Gasteiger partial charge is 0.497 e. The Morgan fingerprint density at radius 3 is 1.41 bits per heavy atom. The van der Waals surface area contributed by atoms with Crippen molar-refractivity contribution in [2.24, 2.45) is 5.92 Å². The molecule has 0 aliphatic rings. The third-order valence-corrected chi connectivity index (χ3v) is 8.66. The van der Waals surface area contributed by atoms with Crippen LogP contribution in [0.2, 0.25) is 0 Å². The van der Waals surface area contributed by atoms with Gasteiger partial charge in [0, 0.05) is 5.66 Å². The molecule has 0 aliphatic heterocycles. The summed E-state index contributed by atoms with van der Waals surface area (Å²) < 4.78 is 22.1. The molecule has 0 aromatic heterocycles. The molecule has 41 heavy (non-hydrogen) atoms. The van der Waals surface area contributed by atoms with Crippen LogP contribution < -0.4 is 20.1 Å². The molecule has 0 spiro atoms. The lowest BCUT2D eigenvalue weighted by atomic mass is 10.1. The van der Waals surface area contributed by atoms with E-state index in [1.165, 1.54) is 0 Å². The monoisotopic (exact) mass is 576 g/mol. The van der Waals surface area contributed by atoms with Crippen LogP contribution >= 0.6 is 7.92 Å². The molecule has 7 heteroatoms. The fraction of sp³-hybridized carbons (Fsp3) is 0.353. The highest BCUT2D eigenvalue weighted by atomic mass is 31.1. The zero-order valence-corrected chi connectivity index (χ0v) is 26.1. The van der Waals surface area contributed by atoms with E-state index in [4.69, 9.17) is 18.9 Å². The van der Waals surface area contributed by atoms with Gasteiger partial charge < -0.3 is 18.9 Å². The molecule has 6 nitrogen and oxygen atoms in total. The van der Waals surface area contributed by atoms with E-state index < -0.39 is 37.0 Å². The molecule has 0 radical (unpaired) electrons. The van der Waals surface area contributed by atoms with Gasteiger partial charge in [0.2, 0.25) is 0 Å². The minimum absolute atomic E-state index is 0.180. The first-order chi connectivity index (χ1) is 19.3. The molecule has 0 N–H and O–H groups in total. The molecule has 3 rings (SSSR count). The quantitative estimate of drug-likeness (QED) is 0.115. The zero-order chi connectivity index (χ0) is 30.2. The first-order valence-electron chi connectivity index (χ1n) is 13.6. The number of hydrogen-bond donors (Lipinski definition) is 0. The average Bonchev–Trinajstić information content (AvgIpc) is 2.91. The topological polar surface area (TPSA) is 71.1 Å². The Balaban J connectivity index is 2.17. The van der Waals surface area contributed by atoms with Gasteiger partial charge in [-0.3, -0.25) is 9.59 Å². The summed E-state index contributed by atoms with van der Waals surface area (Å²) in [5, 5.41) is 2.21. The normalized spacial score (nSPS) is 12.8. The number of carbonyl (C=O) groups excluding carboxylic acids is 2. The van der Waals surface area contributed by atoms with Gasteiger partial charge in [0.15, 0.2) is 5.92 Å². The lowest BCUT2D eigenvalue weighted by Crippen LogP contribution is -2.36. The molecular formula is C34H41O6P. The van der Waals surface area contributed by atoms with Gasteiger partial charge in [0.05, 0.1) is 14.2 Å².